The molecule has 2 rings (SSSR count). The van der Waals surface area contributed by atoms with Gasteiger partial charge in [-0.3, -0.25) is 4.79 Å². The maximum absolute atomic E-state index is 11.7. The predicted octanol–water partition coefficient (Wildman–Crippen LogP) is 2.77. The van der Waals surface area contributed by atoms with E-state index in [-0.39, 0.29) is 11.8 Å². The van der Waals surface area contributed by atoms with Gasteiger partial charge in [0, 0.05) is 5.92 Å². The van der Waals surface area contributed by atoms with Crippen LogP contribution in [0.1, 0.15) is 31.9 Å². The molecule has 3 nitrogen and oxygen atoms in total. The van der Waals surface area contributed by atoms with E-state index in [1.54, 1.807) is 0 Å². The fraction of sp³-hybridized carbons (Fsp3) is 0.333. The fourth-order valence-electron chi connectivity index (χ4n) is 1.77. The van der Waals surface area contributed by atoms with E-state index in [0.29, 0.717) is 5.70 Å². The van der Waals surface area contributed by atoms with E-state index in [1.165, 1.54) is 5.56 Å². The third-order valence-corrected chi connectivity index (χ3v) is 2.95. The summed E-state index contributed by atoms with van der Waals surface area (Å²) in [6, 6.07) is 8.18. The molecule has 0 atom stereocenters. The second-order valence-electron chi connectivity index (χ2n) is 4.73. The van der Waals surface area contributed by atoms with Crippen LogP contribution in [0.3, 0.4) is 0 Å². The van der Waals surface area contributed by atoms with E-state index in [9.17, 15) is 4.79 Å². The van der Waals surface area contributed by atoms with Crippen LogP contribution in [0.15, 0.2) is 35.0 Å². The van der Waals surface area contributed by atoms with E-state index >= 15 is 0 Å². The molecule has 1 N–H and O–H groups in total. The van der Waals surface area contributed by atoms with Crippen LogP contribution in [0.2, 0.25) is 0 Å². The minimum Gasteiger partial charge on any atom is -0.308 e. The molecule has 0 saturated heterocycles. The number of nitrogens with one attached hydrogen (secondary N) is 1. The lowest BCUT2D eigenvalue weighted by Gasteiger charge is -2.01. The highest BCUT2D eigenvalue weighted by molar-refractivity contribution is 6.14. The fourth-order valence-corrected chi connectivity index (χ4v) is 1.77. The van der Waals surface area contributed by atoms with E-state index in [4.69, 9.17) is 0 Å². The molecule has 3 heteroatoms. The second-order valence-corrected chi connectivity index (χ2v) is 4.73. The molecule has 94 valence electrons. The molecule has 0 bridgehead atoms. The lowest BCUT2D eigenvalue weighted by atomic mass is 10.1. The normalized spacial score (nSPS) is 17.2. The number of carbonyl (C=O) groups excluding carboxylic acids is 1. The third-order valence-electron chi connectivity index (χ3n) is 2.95. The topological polar surface area (TPSA) is 41.5 Å². The molecule has 0 aliphatic carbocycles. The summed E-state index contributed by atoms with van der Waals surface area (Å²) in [7, 11) is 0. The summed E-state index contributed by atoms with van der Waals surface area (Å²) in [6.45, 7) is 6.15. The number of hydrogen-bond donors (Lipinski definition) is 1. The van der Waals surface area contributed by atoms with Crippen LogP contribution in [0, 0.1) is 5.92 Å². The molecule has 0 radical (unpaired) electrons. The molecule has 0 unspecified atom stereocenters. The molecule has 1 heterocycles. The molecule has 1 aromatic rings. The second kappa shape index (κ2) is 5.17. The number of aliphatic imine (C=N–C) groups is 1. The van der Waals surface area contributed by atoms with Gasteiger partial charge in [0.2, 0.25) is 0 Å². The van der Waals surface area contributed by atoms with Gasteiger partial charge in [-0.2, -0.15) is 0 Å². The number of aryl methyl sites for hydroxylation is 1. The number of hydrogen-bond acceptors (Lipinski definition) is 2. The van der Waals surface area contributed by atoms with Gasteiger partial charge in [0.15, 0.2) is 0 Å². The van der Waals surface area contributed by atoms with Crippen LogP contribution in [-0.2, 0) is 11.2 Å². The van der Waals surface area contributed by atoms with Gasteiger partial charge in [-0.05, 0) is 23.6 Å². The van der Waals surface area contributed by atoms with Crippen molar-refractivity contribution < 1.29 is 4.79 Å². The molecule has 18 heavy (non-hydrogen) atoms. The van der Waals surface area contributed by atoms with Crippen LogP contribution >= 0.6 is 0 Å². The Kier molecular flexibility index (Phi) is 3.60. The van der Waals surface area contributed by atoms with Gasteiger partial charge in [0.05, 0.1) is 0 Å². The Bertz CT molecular complexity index is 510. The van der Waals surface area contributed by atoms with E-state index in [2.05, 4.69) is 29.4 Å². The van der Waals surface area contributed by atoms with Crippen molar-refractivity contribution in [2.45, 2.75) is 27.2 Å². The number of amides is 1. The highest BCUT2D eigenvalue weighted by atomic mass is 16.2. The van der Waals surface area contributed by atoms with E-state index in [0.717, 1.165) is 17.8 Å². The van der Waals surface area contributed by atoms with Crippen LogP contribution in [0.4, 0.5) is 0 Å². The Balaban J connectivity index is 2.24. The summed E-state index contributed by atoms with van der Waals surface area (Å²) >= 11 is 0. The lowest BCUT2D eigenvalue weighted by molar-refractivity contribution is -0.115. The zero-order chi connectivity index (χ0) is 13.1. The van der Waals surface area contributed by atoms with Crippen molar-refractivity contribution in [1.29, 1.82) is 0 Å². The minimum absolute atomic E-state index is 0.113. The summed E-state index contributed by atoms with van der Waals surface area (Å²) in [6.07, 6.45) is 2.84. The Morgan fingerprint density at radius 1 is 1.28 bits per heavy atom. The van der Waals surface area contributed by atoms with E-state index < -0.39 is 0 Å². The first-order valence-corrected chi connectivity index (χ1v) is 6.30. The van der Waals surface area contributed by atoms with Crippen molar-refractivity contribution in [2.75, 3.05) is 0 Å². The Morgan fingerprint density at radius 2 is 1.94 bits per heavy atom. The van der Waals surface area contributed by atoms with Gasteiger partial charge in [0.25, 0.3) is 5.91 Å². The summed E-state index contributed by atoms with van der Waals surface area (Å²) in [5.41, 5.74) is 2.79. The number of amidine groups is 1. The summed E-state index contributed by atoms with van der Waals surface area (Å²) in [4.78, 5) is 16.0. The average molecular weight is 242 g/mol. The first kappa shape index (κ1) is 12.6. The van der Waals surface area contributed by atoms with Crippen molar-refractivity contribution in [2.24, 2.45) is 10.9 Å². The lowest BCUT2D eigenvalue weighted by Crippen LogP contribution is -2.27. The van der Waals surface area contributed by atoms with Crippen LogP contribution in [0.5, 0.6) is 0 Å². The van der Waals surface area contributed by atoms with Gasteiger partial charge in [0.1, 0.15) is 11.5 Å². The van der Waals surface area contributed by atoms with Gasteiger partial charge < -0.3 is 5.32 Å². The molecule has 0 spiro atoms. The molecule has 1 aliphatic heterocycles. The molecule has 0 fully saturated rings. The molecule has 1 aliphatic rings. The van der Waals surface area contributed by atoms with Gasteiger partial charge in [-0.1, -0.05) is 45.0 Å². The van der Waals surface area contributed by atoms with Crippen LogP contribution in [-0.4, -0.2) is 11.7 Å². The van der Waals surface area contributed by atoms with E-state index in [1.807, 2.05) is 32.1 Å². The monoisotopic (exact) mass is 242 g/mol. The molecular formula is C15H18N2O. The van der Waals surface area contributed by atoms with Crippen molar-refractivity contribution in [3.8, 4) is 0 Å². The first-order chi connectivity index (χ1) is 8.60. The van der Waals surface area contributed by atoms with Gasteiger partial charge in [-0.15, -0.1) is 0 Å². The van der Waals surface area contributed by atoms with Crippen molar-refractivity contribution in [1.82, 2.24) is 5.32 Å². The molecule has 1 aromatic carbocycles. The van der Waals surface area contributed by atoms with Crippen LogP contribution in [0.25, 0.3) is 6.08 Å². The maximum atomic E-state index is 11.7. The van der Waals surface area contributed by atoms with Gasteiger partial charge in [-0.25, -0.2) is 4.99 Å². The van der Waals surface area contributed by atoms with Crippen LogP contribution < -0.4 is 5.32 Å². The zero-order valence-corrected chi connectivity index (χ0v) is 11.0. The van der Waals surface area contributed by atoms with Crippen molar-refractivity contribution >= 4 is 17.8 Å². The highest BCUT2D eigenvalue weighted by Crippen LogP contribution is 2.15. The highest BCUT2D eigenvalue weighted by Gasteiger charge is 2.21. The summed E-state index contributed by atoms with van der Waals surface area (Å²) < 4.78 is 0. The molecule has 0 saturated carbocycles. The summed E-state index contributed by atoms with van der Waals surface area (Å²) in [5, 5.41) is 2.79. The molecule has 1 amide bonds. The average Bonchev–Trinajstić information content (AvgIpc) is 2.72. The van der Waals surface area contributed by atoms with Crippen molar-refractivity contribution in [3.05, 3.63) is 41.1 Å². The summed E-state index contributed by atoms with van der Waals surface area (Å²) in [5.74, 6) is 0.872. The third kappa shape index (κ3) is 2.67. The number of benzene rings is 1. The minimum atomic E-state index is -0.113. The van der Waals surface area contributed by atoms with Gasteiger partial charge >= 0.3 is 0 Å². The predicted molar refractivity (Wildman–Crippen MR) is 74.2 cm³/mol. The maximum Gasteiger partial charge on any atom is 0.275 e. The van der Waals surface area contributed by atoms with Crippen molar-refractivity contribution in [3.63, 3.8) is 0 Å². The number of nitrogens with zero attached hydrogens (tertiary/aromatic N) is 1. The molecule has 0 aromatic heterocycles. The standard InChI is InChI=1S/C15H18N2O/c1-4-11-5-7-12(8-6-11)9-13-15(18)17-14(16-13)10(2)3/h5-10H,4H2,1-3H3,(H,16,17,18)/b13-9+. The zero-order valence-electron chi connectivity index (χ0n) is 11.0. The SMILES string of the molecule is CCc1ccc(/C=C2/N=C(C(C)C)NC2=O)cc1. The quantitative estimate of drug-likeness (QED) is 0.814. The number of carbonyl (C=O) groups is 1. The smallest absolute Gasteiger partial charge is 0.275 e. The Labute approximate surface area is 108 Å². The first-order valence-electron chi connectivity index (χ1n) is 6.30. The molecular weight excluding hydrogens is 224 g/mol. The Morgan fingerprint density at radius 3 is 2.44 bits per heavy atom. The number of rotatable bonds is 3. The largest absolute Gasteiger partial charge is 0.308 e. The Hall–Kier alpha value is -1.90.